The number of rotatable bonds is 6. The van der Waals surface area contributed by atoms with E-state index < -0.39 is 0 Å². The maximum Gasteiger partial charge on any atom is 0.157 e. The first kappa shape index (κ1) is 15.4. The highest BCUT2D eigenvalue weighted by Crippen LogP contribution is 2.21. The van der Waals surface area contributed by atoms with E-state index in [4.69, 9.17) is 4.99 Å². The molecule has 0 bridgehead atoms. The van der Waals surface area contributed by atoms with Gasteiger partial charge in [0.2, 0.25) is 0 Å². The van der Waals surface area contributed by atoms with Gasteiger partial charge in [-0.15, -0.1) is 0 Å². The topological polar surface area (TPSA) is 24.4 Å². The highest BCUT2D eigenvalue weighted by atomic mass is 32.2. The summed E-state index contributed by atoms with van der Waals surface area (Å²) in [6.07, 6.45) is 3.53. The molecule has 0 radical (unpaired) electrons. The van der Waals surface area contributed by atoms with Gasteiger partial charge in [-0.25, -0.2) is 0 Å². The van der Waals surface area contributed by atoms with Crippen molar-refractivity contribution in [1.82, 2.24) is 5.32 Å². The maximum absolute atomic E-state index is 4.82. The van der Waals surface area contributed by atoms with Crippen molar-refractivity contribution in [2.24, 2.45) is 10.9 Å². The molecule has 110 valence electrons. The standard InChI is InChI=1S/C17H26N2S/c1-4-13(2)10-14(3)18-17-19-16(12-20-17)11-15-8-6-5-7-9-15/h5-9,13-14,16H,4,10-12H2,1-3H3,(H,18,19). The van der Waals surface area contributed by atoms with E-state index in [0.29, 0.717) is 12.1 Å². The highest BCUT2D eigenvalue weighted by molar-refractivity contribution is 8.14. The van der Waals surface area contributed by atoms with Crippen molar-refractivity contribution in [3.8, 4) is 0 Å². The van der Waals surface area contributed by atoms with Gasteiger partial charge >= 0.3 is 0 Å². The lowest BCUT2D eigenvalue weighted by atomic mass is 10.0. The number of nitrogens with one attached hydrogen (secondary N) is 1. The van der Waals surface area contributed by atoms with Gasteiger partial charge in [-0.2, -0.15) is 0 Å². The van der Waals surface area contributed by atoms with Gasteiger partial charge in [0.25, 0.3) is 0 Å². The van der Waals surface area contributed by atoms with E-state index in [1.165, 1.54) is 18.4 Å². The van der Waals surface area contributed by atoms with E-state index in [-0.39, 0.29) is 0 Å². The van der Waals surface area contributed by atoms with Gasteiger partial charge in [0, 0.05) is 11.8 Å². The summed E-state index contributed by atoms with van der Waals surface area (Å²) in [6, 6.07) is 11.6. The second kappa shape index (κ2) is 7.72. The number of hydrogen-bond acceptors (Lipinski definition) is 3. The molecule has 0 saturated carbocycles. The normalized spacial score (nSPS) is 21.4. The van der Waals surface area contributed by atoms with Crippen LogP contribution >= 0.6 is 11.8 Å². The summed E-state index contributed by atoms with van der Waals surface area (Å²) in [5, 5.41) is 4.71. The summed E-state index contributed by atoms with van der Waals surface area (Å²) in [7, 11) is 0. The summed E-state index contributed by atoms with van der Waals surface area (Å²) in [5.74, 6) is 1.89. The third-order valence-electron chi connectivity index (χ3n) is 3.85. The molecular weight excluding hydrogens is 264 g/mol. The number of benzene rings is 1. The van der Waals surface area contributed by atoms with Crippen LogP contribution in [-0.4, -0.2) is 23.0 Å². The van der Waals surface area contributed by atoms with Crippen LogP contribution in [0.3, 0.4) is 0 Å². The molecule has 3 unspecified atom stereocenters. The average Bonchev–Trinajstić information content (AvgIpc) is 2.86. The molecule has 0 saturated heterocycles. The van der Waals surface area contributed by atoms with Crippen LogP contribution in [0.25, 0.3) is 0 Å². The molecule has 1 aromatic rings. The van der Waals surface area contributed by atoms with Crippen molar-refractivity contribution in [1.29, 1.82) is 0 Å². The summed E-state index contributed by atoms with van der Waals surface area (Å²) >= 11 is 1.87. The van der Waals surface area contributed by atoms with E-state index in [1.54, 1.807) is 0 Å². The molecule has 0 fully saturated rings. The third-order valence-corrected chi connectivity index (χ3v) is 4.90. The number of amidine groups is 1. The van der Waals surface area contributed by atoms with Crippen molar-refractivity contribution in [2.75, 3.05) is 5.75 Å². The van der Waals surface area contributed by atoms with Crippen LogP contribution in [0, 0.1) is 5.92 Å². The SMILES string of the molecule is CCC(C)CC(C)NC1=NC(Cc2ccccc2)CS1. The molecule has 0 spiro atoms. The van der Waals surface area contributed by atoms with Crippen LogP contribution in [0.5, 0.6) is 0 Å². The van der Waals surface area contributed by atoms with Crippen LogP contribution in [-0.2, 0) is 6.42 Å². The van der Waals surface area contributed by atoms with E-state index in [2.05, 4.69) is 56.4 Å². The molecule has 1 aromatic carbocycles. The molecule has 2 rings (SSSR count). The Morgan fingerprint density at radius 2 is 2.05 bits per heavy atom. The predicted octanol–water partition coefficient (Wildman–Crippen LogP) is 4.11. The van der Waals surface area contributed by atoms with Crippen LogP contribution in [0.15, 0.2) is 35.3 Å². The second-order valence-electron chi connectivity index (χ2n) is 5.88. The Bertz CT molecular complexity index is 430. The summed E-state index contributed by atoms with van der Waals surface area (Å²) < 4.78 is 0. The highest BCUT2D eigenvalue weighted by Gasteiger charge is 2.20. The lowest BCUT2D eigenvalue weighted by Crippen LogP contribution is -2.31. The zero-order chi connectivity index (χ0) is 14.4. The zero-order valence-electron chi connectivity index (χ0n) is 12.8. The van der Waals surface area contributed by atoms with Crippen molar-refractivity contribution in [2.45, 2.75) is 52.1 Å². The van der Waals surface area contributed by atoms with Crippen molar-refractivity contribution < 1.29 is 0 Å². The van der Waals surface area contributed by atoms with Gasteiger partial charge < -0.3 is 5.32 Å². The lowest BCUT2D eigenvalue weighted by molar-refractivity contribution is 0.449. The molecular formula is C17H26N2S. The quantitative estimate of drug-likeness (QED) is 0.852. The van der Waals surface area contributed by atoms with Gasteiger partial charge in [0.15, 0.2) is 5.17 Å². The monoisotopic (exact) mass is 290 g/mol. The smallest absolute Gasteiger partial charge is 0.157 e. The van der Waals surface area contributed by atoms with E-state index in [1.807, 2.05) is 11.8 Å². The van der Waals surface area contributed by atoms with Crippen LogP contribution < -0.4 is 5.32 Å². The van der Waals surface area contributed by atoms with Crippen LogP contribution in [0.1, 0.15) is 39.2 Å². The Morgan fingerprint density at radius 3 is 2.75 bits per heavy atom. The summed E-state index contributed by atoms with van der Waals surface area (Å²) in [6.45, 7) is 6.84. The molecule has 1 aliphatic heterocycles. The first-order valence-electron chi connectivity index (χ1n) is 7.68. The molecule has 0 aliphatic carbocycles. The number of thioether (sulfide) groups is 1. The number of aliphatic imine (C=N–C) groups is 1. The molecule has 1 aliphatic rings. The molecule has 2 nitrogen and oxygen atoms in total. The summed E-state index contributed by atoms with van der Waals surface area (Å²) in [5.41, 5.74) is 1.38. The minimum Gasteiger partial charge on any atom is -0.362 e. The zero-order valence-corrected chi connectivity index (χ0v) is 13.6. The van der Waals surface area contributed by atoms with Crippen LogP contribution in [0.4, 0.5) is 0 Å². The van der Waals surface area contributed by atoms with Crippen molar-refractivity contribution in [3.63, 3.8) is 0 Å². The van der Waals surface area contributed by atoms with E-state index >= 15 is 0 Å². The number of hydrogen-bond donors (Lipinski definition) is 1. The van der Waals surface area contributed by atoms with Gasteiger partial charge in [-0.3, -0.25) is 4.99 Å². The molecule has 3 heteroatoms. The fourth-order valence-corrected chi connectivity index (χ4v) is 3.58. The Balaban J connectivity index is 1.81. The van der Waals surface area contributed by atoms with Crippen molar-refractivity contribution in [3.05, 3.63) is 35.9 Å². The Hall–Kier alpha value is -0.960. The van der Waals surface area contributed by atoms with Gasteiger partial charge in [-0.1, -0.05) is 62.4 Å². The minimum absolute atomic E-state index is 0.431. The maximum atomic E-state index is 4.82. The molecule has 0 amide bonds. The lowest BCUT2D eigenvalue weighted by Gasteiger charge is -2.17. The first-order chi connectivity index (χ1) is 9.67. The molecule has 3 atom stereocenters. The second-order valence-corrected chi connectivity index (χ2v) is 6.89. The first-order valence-corrected chi connectivity index (χ1v) is 8.67. The predicted molar refractivity (Wildman–Crippen MR) is 90.5 cm³/mol. The molecule has 1 heterocycles. The van der Waals surface area contributed by atoms with Gasteiger partial charge in [0.1, 0.15) is 0 Å². The minimum atomic E-state index is 0.431. The van der Waals surface area contributed by atoms with Gasteiger partial charge in [0.05, 0.1) is 6.04 Å². The molecule has 1 N–H and O–H groups in total. The third kappa shape index (κ3) is 4.86. The van der Waals surface area contributed by atoms with E-state index in [0.717, 1.165) is 23.3 Å². The average molecular weight is 290 g/mol. The Labute approximate surface area is 127 Å². The fraction of sp³-hybridized carbons (Fsp3) is 0.588. The largest absolute Gasteiger partial charge is 0.362 e. The van der Waals surface area contributed by atoms with Crippen molar-refractivity contribution >= 4 is 16.9 Å². The Kier molecular flexibility index (Phi) is 5.96. The fourth-order valence-electron chi connectivity index (χ4n) is 2.53. The van der Waals surface area contributed by atoms with E-state index in [9.17, 15) is 0 Å². The summed E-state index contributed by atoms with van der Waals surface area (Å²) in [4.78, 5) is 4.82. The van der Waals surface area contributed by atoms with Crippen LogP contribution in [0.2, 0.25) is 0 Å². The number of nitrogens with zero attached hydrogens (tertiary/aromatic N) is 1. The Morgan fingerprint density at radius 1 is 1.30 bits per heavy atom. The molecule has 0 aromatic heterocycles. The van der Waals surface area contributed by atoms with Gasteiger partial charge in [-0.05, 0) is 31.2 Å². The molecule has 20 heavy (non-hydrogen) atoms.